The molecule has 2 heterocycles. The molecule has 0 aromatic carbocycles. The minimum absolute atomic E-state index is 0.230. The normalized spacial score (nSPS) is 11.9. The van der Waals surface area contributed by atoms with Crippen molar-refractivity contribution in [2.45, 2.75) is 26.3 Å². The van der Waals surface area contributed by atoms with Gasteiger partial charge < -0.3 is 10.1 Å². The first-order valence-electron chi connectivity index (χ1n) is 6.22. The molecule has 0 unspecified atom stereocenters. The molecule has 0 fully saturated rings. The van der Waals surface area contributed by atoms with Gasteiger partial charge in [0.05, 0.1) is 7.11 Å². The lowest BCUT2D eigenvalue weighted by Crippen LogP contribution is -2.20. The van der Waals surface area contributed by atoms with Crippen LogP contribution in [0.4, 0.5) is 5.82 Å². The molecule has 5 nitrogen and oxygen atoms in total. The number of pyridine rings is 1. The number of rotatable bonds is 5. The van der Waals surface area contributed by atoms with E-state index in [1.807, 2.05) is 12.3 Å². The lowest BCUT2D eigenvalue weighted by molar-refractivity contribution is 0.397. The molecule has 0 radical (unpaired) electrons. The van der Waals surface area contributed by atoms with Crippen molar-refractivity contribution in [2.24, 2.45) is 0 Å². The number of anilines is 1. The highest BCUT2D eigenvalue weighted by Gasteiger charge is 2.08. The maximum absolute atomic E-state index is 5.07. The molecule has 2 aromatic heterocycles. The molecule has 0 amide bonds. The van der Waals surface area contributed by atoms with Crippen molar-refractivity contribution < 1.29 is 4.74 Å². The summed E-state index contributed by atoms with van der Waals surface area (Å²) in [5.41, 5.74) is 2.31. The highest BCUT2D eigenvalue weighted by Crippen LogP contribution is 2.13. The Hall–Kier alpha value is -2.17. The molecular weight excluding hydrogens is 240 g/mol. The summed E-state index contributed by atoms with van der Waals surface area (Å²) in [6, 6.07) is 6.03. The summed E-state index contributed by atoms with van der Waals surface area (Å²) in [4.78, 5) is 12.5. The number of hydrogen-bond donors (Lipinski definition) is 1. The number of aryl methyl sites for hydroxylation is 1. The number of hydrogen-bond acceptors (Lipinski definition) is 5. The van der Waals surface area contributed by atoms with Crippen molar-refractivity contribution >= 4 is 5.82 Å². The zero-order valence-corrected chi connectivity index (χ0v) is 11.4. The third-order valence-corrected chi connectivity index (χ3v) is 2.86. The minimum atomic E-state index is 0.230. The Morgan fingerprint density at radius 1 is 1.32 bits per heavy atom. The van der Waals surface area contributed by atoms with E-state index in [4.69, 9.17) is 4.74 Å². The van der Waals surface area contributed by atoms with Gasteiger partial charge in [0.15, 0.2) is 0 Å². The summed E-state index contributed by atoms with van der Waals surface area (Å²) < 4.78 is 5.07. The van der Waals surface area contributed by atoms with E-state index in [1.165, 1.54) is 11.9 Å². The Labute approximate surface area is 113 Å². The second kappa shape index (κ2) is 6.13. The zero-order chi connectivity index (χ0) is 13.7. The number of methoxy groups -OCH3 is 1. The molecule has 0 aliphatic carbocycles. The van der Waals surface area contributed by atoms with E-state index in [0.717, 1.165) is 17.9 Å². The van der Waals surface area contributed by atoms with Crippen LogP contribution in [0.1, 0.15) is 18.2 Å². The average molecular weight is 258 g/mol. The van der Waals surface area contributed by atoms with Crippen molar-refractivity contribution in [2.75, 3.05) is 12.4 Å². The van der Waals surface area contributed by atoms with Crippen LogP contribution in [0.15, 0.2) is 30.7 Å². The molecule has 0 saturated heterocycles. The Balaban J connectivity index is 2.01. The predicted octanol–water partition coefficient (Wildman–Crippen LogP) is 2.23. The van der Waals surface area contributed by atoms with Gasteiger partial charge in [-0.05, 0) is 25.5 Å². The topological polar surface area (TPSA) is 59.9 Å². The van der Waals surface area contributed by atoms with Gasteiger partial charge >= 0.3 is 0 Å². The van der Waals surface area contributed by atoms with Crippen LogP contribution < -0.4 is 10.1 Å². The van der Waals surface area contributed by atoms with Gasteiger partial charge in [-0.1, -0.05) is 6.07 Å². The lowest BCUT2D eigenvalue weighted by Gasteiger charge is -2.15. The van der Waals surface area contributed by atoms with E-state index in [2.05, 4.69) is 40.2 Å². The number of nitrogens with one attached hydrogen (secondary N) is 1. The van der Waals surface area contributed by atoms with Crippen LogP contribution in [0.2, 0.25) is 0 Å². The molecule has 1 atom stereocenters. The van der Waals surface area contributed by atoms with E-state index in [9.17, 15) is 0 Å². The molecule has 0 spiro atoms. The third-order valence-electron chi connectivity index (χ3n) is 2.86. The molecule has 100 valence electrons. The predicted molar refractivity (Wildman–Crippen MR) is 74.3 cm³/mol. The van der Waals surface area contributed by atoms with Gasteiger partial charge in [-0.3, -0.25) is 4.98 Å². The Morgan fingerprint density at radius 3 is 2.89 bits per heavy atom. The molecule has 0 saturated carbocycles. The van der Waals surface area contributed by atoms with Crippen molar-refractivity contribution in [1.82, 2.24) is 15.0 Å². The highest BCUT2D eigenvalue weighted by molar-refractivity contribution is 5.38. The van der Waals surface area contributed by atoms with Crippen LogP contribution in [0.5, 0.6) is 5.88 Å². The standard InChI is InChI=1S/C14H18N4O/c1-10-5-4-6-15-12(10)7-11(2)18-13-8-14(19-3)17-9-16-13/h4-6,8-9,11H,7H2,1-3H3,(H,16,17,18)/t11-/m1/s1. The first-order chi connectivity index (χ1) is 9.19. The lowest BCUT2D eigenvalue weighted by atomic mass is 10.1. The second-order valence-electron chi connectivity index (χ2n) is 4.46. The molecule has 0 aliphatic heterocycles. The fraction of sp³-hybridized carbons (Fsp3) is 0.357. The Bertz CT molecular complexity index is 544. The molecule has 2 aromatic rings. The van der Waals surface area contributed by atoms with E-state index in [-0.39, 0.29) is 6.04 Å². The maximum Gasteiger partial charge on any atom is 0.218 e. The van der Waals surface area contributed by atoms with Gasteiger partial charge in [0, 0.05) is 30.4 Å². The van der Waals surface area contributed by atoms with Crippen molar-refractivity contribution in [3.63, 3.8) is 0 Å². The van der Waals surface area contributed by atoms with Crippen molar-refractivity contribution in [3.8, 4) is 5.88 Å². The summed E-state index contributed by atoms with van der Waals surface area (Å²) in [5, 5.41) is 3.32. The van der Waals surface area contributed by atoms with Gasteiger partial charge in [0.1, 0.15) is 12.1 Å². The SMILES string of the molecule is COc1cc(N[C@H](C)Cc2ncccc2C)ncn1. The van der Waals surface area contributed by atoms with E-state index in [0.29, 0.717) is 5.88 Å². The molecular formula is C14H18N4O. The smallest absolute Gasteiger partial charge is 0.218 e. The van der Waals surface area contributed by atoms with Gasteiger partial charge in [-0.25, -0.2) is 9.97 Å². The molecule has 2 rings (SSSR count). The highest BCUT2D eigenvalue weighted by atomic mass is 16.5. The van der Waals surface area contributed by atoms with Gasteiger partial charge in [-0.15, -0.1) is 0 Å². The van der Waals surface area contributed by atoms with Gasteiger partial charge in [0.25, 0.3) is 0 Å². The maximum atomic E-state index is 5.07. The fourth-order valence-corrected chi connectivity index (χ4v) is 1.86. The third kappa shape index (κ3) is 3.64. The molecule has 5 heteroatoms. The molecule has 0 bridgehead atoms. The van der Waals surface area contributed by atoms with Crippen molar-refractivity contribution in [3.05, 3.63) is 42.0 Å². The Morgan fingerprint density at radius 2 is 2.16 bits per heavy atom. The molecule has 1 N–H and O–H groups in total. The number of nitrogens with zero attached hydrogens (tertiary/aromatic N) is 3. The fourth-order valence-electron chi connectivity index (χ4n) is 1.86. The van der Waals surface area contributed by atoms with Crippen LogP contribution in [0, 0.1) is 6.92 Å². The Kier molecular flexibility index (Phi) is 4.28. The zero-order valence-electron chi connectivity index (χ0n) is 11.4. The van der Waals surface area contributed by atoms with E-state index >= 15 is 0 Å². The summed E-state index contributed by atoms with van der Waals surface area (Å²) in [6.45, 7) is 4.17. The van der Waals surface area contributed by atoms with E-state index in [1.54, 1.807) is 13.2 Å². The quantitative estimate of drug-likeness (QED) is 0.891. The average Bonchev–Trinajstić information content (AvgIpc) is 2.41. The molecule has 0 aliphatic rings. The van der Waals surface area contributed by atoms with Crippen LogP contribution in [0.25, 0.3) is 0 Å². The summed E-state index contributed by atoms with van der Waals surface area (Å²) >= 11 is 0. The second-order valence-corrected chi connectivity index (χ2v) is 4.46. The van der Waals surface area contributed by atoms with Crippen LogP contribution >= 0.6 is 0 Å². The summed E-state index contributed by atoms with van der Waals surface area (Å²) in [6.07, 6.45) is 4.15. The van der Waals surface area contributed by atoms with Crippen LogP contribution in [-0.4, -0.2) is 28.1 Å². The minimum Gasteiger partial charge on any atom is -0.481 e. The number of ether oxygens (including phenoxy) is 1. The van der Waals surface area contributed by atoms with Crippen LogP contribution in [-0.2, 0) is 6.42 Å². The largest absolute Gasteiger partial charge is 0.481 e. The van der Waals surface area contributed by atoms with Crippen LogP contribution in [0.3, 0.4) is 0 Å². The van der Waals surface area contributed by atoms with Gasteiger partial charge in [0.2, 0.25) is 5.88 Å². The van der Waals surface area contributed by atoms with Gasteiger partial charge in [-0.2, -0.15) is 0 Å². The number of aromatic nitrogens is 3. The first-order valence-corrected chi connectivity index (χ1v) is 6.22. The monoisotopic (exact) mass is 258 g/mol. The van der Waals surface area contributed by atoms with E-state index < -0.39 is 0 Å². The first kappa shape index (κ1) is 13.3. The van der Waals surface area contributed by atoms with Crippen molar-refractivity contribution in [1.29, 1.82) is 0 Å². The molecule has 19 heavy (non-hydrogen) atoms. The summed E-state index contributed by atoms with van der Waals surface area (Å²) in [7, 11) is 1.59. The summed E-state index contributed by atoms with van der Waals surface area (Å²) in [5.74, 6) is 1.31.